The van der Waals surface area contributed by atoms with E-state index >= 15 is 0 Å². The van der Waals surface area contributed by atoms with Gasteiger partial charge in [-0.2, -0.15) is 0 Å². The summed E-state index contributed by atoms with van der Waals surface area (Å²) in [6.07, 6.45) is 7.76. The quantitative estimate of drug-likeness (QED) is 0.784. The van der Waals surface area contributed by atoms with Crippen LogP contribution in [0.5, 0.6) is 0 Å². The Morgan fingerprint density at radius 3 is 2.89 bits per heavy atom. The van der Waals surface area contributed by atoms with Crippen LogP contribution in [0.2, 0.25) is 0 Å². The highest BCUT2D eigenvalue weighted by Gasteiger charge is 2.33. The van der Waals surface area contributed by atoms with Gasteiger partial charge in [-0.05, 0) is 54.8 Å². The number of hydrogen-bond acceptors (Lipinski definition) is 4. The van der Waals surface area contributed by atoms with Crippen molar-refractivity contribution in [1.82, 2.24) is 15.3 Å². The molecular weight excluding hydrogens is 355 g/mol. The minimum atomic E-state index is -0.0344. The number of aromatic amines is 1. The summed E-state index contributed by atoms with van der Waals surface area (Å²) in [6.45, 7) is 2.08. The van der Waals surface area contributed by atoms with E-state index < -0.39 is 0 Å². The number of rotatable bonds is 4. The van der Waals surface area contributed by atoms with E-state index in [0.29, 0.717) is 15.7 Å². The van der Waals surface area contributed by atoms with E-state index in [4.69, 9.17) is 0 Å². The Balaban J connectivity index is 1.80. The predicted molar refractivity (Wildman–Crippen MR) is 83.6 cm³/mol. The van der Waals surface area contributed by atoms with Gasteiger partial charge in [-0.25, -0.2) is 4.98 Å². The summed E-state index contributed by atoms with van der Waals surface area (Å²) in [4.78, 5) is 21.1. The van der Waals surface area contributed by atoms with Crippen molar-refractivity contribution in [3.8, 4) is 0 Å². The Kier molecular flexibility index (Phi) is 4.07. The number of nitrogens with one attached hydrogen (secondary N) is 2. The molecule has 1 aliphatic carbocycles. The third kappa shape index (κ3) is 3.10. The van der Waals surface area contributed by atoms with Crippen LogP contribution < -0.4 is 15.8 Å². The van der Waals surface area contributed by atoms with Crippen molar-refractivity contribution in [2.75, 3.05) is 18.0 Å². The number of H-pyrrole nitrogens is 1. The minimum absolute atomic E-state index is 0.0344. The lowest BCUT2D eigenvalue weighted by atomic mass is 10.0. The van der Waals surface area contributed by atoms with E-state index in [-0.39, 0.29) is 5.56 Å². The second kappa shape index (κ2) is 5.78. The van der Waals surface area contributed by atoms with Crippen LogP contribution >= 0.6 is 22.6 Å². The minimum Gasteiger partial charge on any atom is -0.351 e. The van der Waals surface area contributed by atoms with E-state index in [1.54, 1.807) is 0 Å². The summed E-state index contributed by atoms with van der Waals surface area (Å²) in [5.74, 6) is 0.860. The zero-order valence-corrected chi connectivity index (χ0v) is 13.0. The fourth-order valence-corrected chi connectivity index (χ4v) is 3.29. The molecule has 3 rings (SSSR count). The fraction of sp³-hybridized carbons (Fsp3) is 0.692. The molecule has 0 aromatic carbocycles. The summed E-state index contributed by atoms with van der Waals surface area (Å²) in [7, 11) is 0. The third-order valence-corrected chi connectivity index (χ3v) is 4.84. The smallest absolute Gasteiger partial charge is 0.266 e. The Hall–Kier alpha value is -0.630. The van der Waals surface area contributed by atoms with Crippen molar-refractivity contribution in [2.24, 2.45) is 0 Å². The second-order valence-corrected chi connectivity index (χ2v) is 6.48. The molecule has 0 bridgehead atoms. The molecule has 2 fully saturated rings. The monoisotopic (exact) mass is 374 g/mol. The molecule has 1 atom stereocenters. The van der Waals surface area contributed by atoms with Gasteiger partial charge in [0.1, 0.15) is 9.39 Å². The molecule has 5 nitrogen and oxygen atoms in total. The SMILES string of the molecule is O=c1[nH]cnc(N(CC2CCCCN2)C2CC2)c1I. The second-order valence-electron chi connectivity index (χ2n) is 5.40. The molecule has 1 unspecified atom stereocenters. The van der Waals surface area contributed by atoms with Crippen LogP contribution in [-0.4, -0.2) is 35.1 Å². The molecule has 104 valence electrons. The summed E-state index contributed by atoms with van der Waals surface area (Å²) in [6, 6.07) is 1.11. The van der Waals surface area contributed by atoms with Crippen LogP contribution in [0.4, 0.5) is 5.82 Å². The zero-order valence-electron chi connectivity index (χ0n) is 10.9. The first-order chi connectivity index (χ1) is 9.25. The third-order valence-electron chi connectivity index (χ3n) is 3.87. The maximum Gasteiger partial charge on any atom is 0.266 e. The van der Waals surface area contributed by atoms with Crippen molar-refractivity contribution >= 4 is 28.4 Å². The molecule has 2 aliphatic rings. The van der Waals surface area contributed by atoms with Gasteiger partial charge in [-0.15, -0.1) is 0 Å². The normalized spacial score (nSPS) is 23.3. The van der Waals surface area contributed by atoms with E-state index in [1.807, 2.05) is 0 Å². The lowest BCUT2D eigenvalue weighted by Crippen LogP contribution is -2.45. The van der Waals surface area contributed by atoms with Crippen LogP contribution in [0.1, 0.15) is 32.1 Å². The van der Waals surface area contributed by atoms with E-state index in [9.17, 15) is 4.79 Å². The number of nitrogens with zero attached hydrogens (tertiary/aromatic N) is 2. The van der Waals surface area contributed by atoms with Crippen molar-refractivity contribution < 1.29 is 0 Å². The van der Waals surface area contributed by atoms with Gasteiger partial charge in [0.05, 0.1) is 6.33 Å². The first-order valence-corrected chi connectivity index (χ1v) is 8.07. The van der Waals surface area contributed by atoms with E-state index in [0.717, 1.165) is 18.9 Å². The highest BCUT2D eigenvalue weighted by atomic mass is 127. The first-order valence-electron chi connectivity index (χ1n) is 6.99. The Morgan fingerprint density at radius 2 is 2.21 bits per heavy atom. The van der Waals surface area contributed by atoms with Gasteiger partial charge in [-0.3, -0.25) is 4.79 Å². The van der Waals surface area contributed by atoms with Gasteiger partial charge in [-0.1, -0.05) is 6.42 Å². The molecule has 1 saturated carbocycles. The highest BCUT2D eigenvalue weighted by molar-refractivity contribution is 14.1. The first kappa shape index (κ1) is 13.4. The average Bonchev–Trinajstić information content (AvgIpc) is 3.25. The predicted octanol–water partition coefficient (Wildman–Crippen LogP) is 1.49. The van der Waals surface area contributed by atoms with Crippen molar-refractivity contribution in [3.63, 3.8) is 0 Å². The number of aromatic nitrogens is 2. The van der Waals surface area contributed by atoms with E-state index in [2.05, 4.69) is 42.8 Å². The topological polar surface area (TPSA) is 61.0 Å². The number of piperidine rings is 1. The van der Waals surface area contributed by atoms with Crippen LogP contribution in [-0.2, 0) is 0 Å². The van der Waals surface area contributed by atoms with Gasteiger partial charge in [0.2, 0.25) is 0 Å². The molecule has 1 aromatic heterocycles. The number of halogens is 1. The molecule has 1 aromatic rings. The lowest BCUT2D eigenvalue weighted by Gasteiger charge is -2.31. The van der Waals surface area contributed by atoms with E-state index in [1.165, 1.54) is 38.4 Å². The fourth-order valence-electron chi connectivity index (χ4n) is 2.69. The molecule has 0 spiro atoms. The average molecular weight is 374 g/mol. The van der Waals surface area contributed by atoms with Crippen LogP contribution in [0.3, 0.4) is 0 Å². The summed E-state index contributed by atoms with van der Waals surface area (Å²) in [5, 5.41) is 3.58. The molecule has 2 N–H and O–H groups in total. The molecule has 6 heteroatoms. The molecule has 1 aliphatic heterocycles. The van der Waals surface area contributed by atoms with Gasteiger partial charge in [0.25, 0.3) is 5.56 Å². The number of anilines is 1. The van der Waals surface area contributed by atoms with Crippen LogP contribution in [0, 0.1) is 3.57 Å². The standard InChI is InChI=1S/C13H19IN4O/c14-11-12(16-8-17-13(11)19)18(10-4-5-10)7-9-3-1-2-6-15-9/h8-10,15H,1-7H2,(H,16,17,19). The maximum absolute atomic E-state index is 11.7. The molecular formula is C13H19IN4O. The molecule has 19 heavy (non-hydrogen) atoms. The molecule has 1 saturated heterocycles. The Labute approximate surface area is 126 Å². The van der Waals surface area contributed by atoms with Crippen LogP contribution in [0.15, 0.2) is 11.1 Å². The van der Waals surface area contributed by atoms with Crippen LogP contribution in [0.25, 0.3) is 0 Å². The zero-order chi connectivity index (χ0) is 13.2. The summed E-state index contributed by atoms with van der Waals surface area (Å²) < 4.78 is 0.711. The van der Waals surface area contributed by atoms with Crippen molar-refractivity contribution in [1.29, 1.82) is 0 Å². The van der Waals surface area contributed by atoms with Gasteiger partial charge < -0.3 is 15.2 Å². The van der Waals surface area contributed by atoms with Crippen molar-refractivity contribution in [3.05, 3.63) is 20.3 Å². The van der Waals surface area contributed by atoms with Gasteiger partial charge in [0.15, 0.2) is 0 Å². The van der Waals surface area contributed by atoms with Gasteiger partial charge in [0, 0.05) is 18.6 Å². The lowest BCUT2D eigenvalue weighted by molar-refractivity contribution is 0.397. The Bertz CT molecular complexity index is 494. The Morgan fingerprint density at radius 1 is 1.37 bits per heavy atom. The summed E-state index contributed by atoms with van der Waals surface area (Å²) >= 11 is 2.11. The maximum atomic E-state index is 11.7. The summed E-state index contributed by atoms with van der Waals surface area (Å²) in [5.41, 5.74) is -0.0344. The number of hydrogen-bond donors (Lipinski definition) is 2. The van der Waals surface area contributed by atoms with Crippen molar-refractivity contribution in [2.45, 2.75) is 44.2 Å². The largest absolute Gasteiger partial charge is 0.351 e. The molecule has 2 heterocycles. The highest BCUT2D eigenvalue weighted by Crippen LogP contribution is 2.32. The molecule has 0 radical (unpaired) electrons. The van der Waals surface area contributed by atoms with Gasteiger partial charge >= 0.3 is 0 Å². The molecule has 0 amide bonds.